The number of pyridine rings is 1. The Labute approximate surface area is 207 Å². The standard InChI is InChI=1S/C21H33ClN6O2.HI/c1-23-21(26-17-4-7-28(14-17)20-18(22)3-2-6-24-20)25-13-19(16-5-10-30-15-16)27-8-11-29-12-9-27;/h2-3,6,16-17,19H,4-5,7-15H2,1H3,(H2,23,25,26);1H. The van der Waals surface area contributed by atoms with Gasteiger partial charge >= 0.3 is 0 Å². The second kappa shape index (κ2) is 12.4. The molecule has 0 spiro atoms. The number of nitrogens with zero attached hydrogens (tertiary/aromatic N) is 4. The second-order valence-electron chi connectivity index (χ2n) is 8.18. The lowest BCUT2D eigenvalue weighted by atomic mass is 9.97. The Bertz CT molecular complexity index is 715. The first-order chi connectivity index (χ1) is 14.7. The molecule has 4 heterocycles. The zero-order chi connectivity index (χ0) is 20.8. The minimum absolute atomic E-state index is 0. The number of ether oxygens (including phenoxy) is 2. The number of guanidine groups is 1. The zero-order valence-corrected chi connectivity index (χ0v) is 21.2. The highest BCUT2D eigenvalue weighted by molar-refractivity contribution is 14.0. The molecule has 1 aromatic heterocycles. The number of anilines is 1. The number of halogens is 2. The summed E-state index contributed by atoms with van der Waals surface area (Å²) in [5.74, 6) is 2.27. The molecule has 3 atom stereocenters. The van der Waals surface area contributed by atoms with E-state index in [1.165, 1.54) is 0 Å². The Hall–Kier alpha value is -0.880. The lowest BCUT2D eigenvalue weighted by molar-refractivity contribution is 0.00246. The van der Waals surface area contributed by atoms with Crippen LogP contribution in [0, 0.1) is 5.92 Å². The van der Waals surface area contributed by atoms with Gasteiger partial charge in [0.05, 0.1) is 24.8 Å². The van der Waals surface area contributed by atoms with Crippen molar-refractivity contribution in [1.29, 1.82) is 0 Å². The SMILES string of the molecule is CN=C(NCC(C1CCOC1)N1CCOCC1)NC1CCN(c2ncccc2Cl)C1.I. The van der Waals surface area contributed by atoms with Gasteiger partial charge in [0.25, 0.3) is 0 Å². The maximum absolute atomic E-state index is 6.32. The highest BCUT2D eigenvalue weighted by Crippen LogP contribution is 2.26. The van der Waals surface area contributed by atoms with Crippen LogP contribution in [0.3, 0.4) is 0 Å². The molecule has 8 nitrogen and oxygen atoms in total. The van der Waals surface area contributed by atoms with Gasteiger partial charge in [-0.1, -0.05) is 11.6 Å². The van der Waals surface area contributed by atoms with Gasteiger partial charge in [-0.2, -0.15) is 0 Å². The summed E-state index contributed by atoms with van der Waals surface area (Å²) in [6.45, 7) is 7.95. The van der Waals surface area contributed by atoms with Crippen molar-refractivity contribution in [3.8, 4) is 0 Å². The van der Waals surface area contributed by atoms with E-state index in [9.17, 15) is 0 Å². The summed E-state index contributed by atoms with van der Waals surface area (Å²) < 4.78 is 11.2. The molecule has 0 bridgehead atoms. The van der Waals surface area contributed by atoms with E-state index in [4.69, 9.17) is 21.1 Å². The lowest BCUT2D eigenvalue weighted by Crippen LogP contribution is -2.54. The Morgan fingerprint density at radius 2 is 2.10 bits per heavy atom. The van der Waals surface area contributed by atoms with E-state index >= 15 is 0 Å². The topological polar surface area (TPSA) is 74.2 Å². The van der Waals surface area contributed by atoms with Crippen LogP contribution in [0.15, 0.2) is 23.3 Å². The van der Waals surface area contributed by atoms with E-state index in [-0.39, 0.29) is 24.0 Å². The van der Waals surface area contributed by atoms with Crippen LogP contribution in [0.25, 0.3) is 0 Å². The molecule has 3 aliphatic heterocycles. The lowest BCUT2D eigenvalue weighted by Gasteiger charge is -2.37. The molecule has 1 aromatic rings. The van der Waals surface area contributed by atoms with Crippen molar-refractivity contribution in [3.63, 3.8) is 0 Å². The van der Waals surface area contributed by atoms with Gasteiger partial charge in [-0.15, -0.1) is 24.0 Å². The third-order valence-corrected chi connectivity index (χ3v) is 6.59. The van der Waals surface area contributed by atoms with Gasteiger partial charge in [-0.05, 0) is 25.0 Å². The van der Waals surface area contributed by atoms with Gasteiger partial charge in [-0.3, -0.25) is 9.89 Å². The molecule has 3 aliphatic rings. The Morgan fingerprint density at radius 3 is 2.81 bits per heavy atom. The van der Waals surface area contributed by atoms with Gasteiger partial charge < -0.3 is 25.0 Å². The minimum Gasteiger partial charge on any atom is -0.381 e. The quantitative estimate of drug-likeness (QED) is 0.310. The zero-order valence-electron chi connectivity index (χ0n) is 18.1. The molecule has 3 saturated heterocycles. The Balaban J connectivity index is 0.00000272. The molecule has 10 heteroatoms. The normalized spacial score (nSPS) is 25.9. The van der Waals surface area contributed by atoms with Gasteiger partial charge in [-0.25, -0.2) is 4.98 Å². The Kier molecular flexibility index (Phi) is 9.89. The molecule has 0 aromatic carbocycles. The van der Waals surface area contributed by atoms with E-state index in [1.807, 2.05) is 19.2 Å². The minimum atomic E-state index is 0. The molecular formula is C21H34ClIN6O2. The van der Waals surface area contributed by atoms with Crippen molar-refractivity contribution in [2.45, 2.75) is 24.9 Å². The molecule has 0 radical (unpaired) electrons. The third kappa shape index (κ3) is 6.56. The average Bonchev–Trinajstić information content (AvgIpc) is 3.47. The number of hydrogen-bond acceptors (Lipinski definition) is 6. The fourth-order valence-electron chi connectivity index (χ4n) is 4.63. The van der Waals surface area contributed by atoms with Crippen molar-refractivity contribution in [1.82, 2.24) is 20.5 Å². The van der Waals surface area contributed by atoms with E-state index in [2.05, 4.69) is 30.4 Å². The van der Waals surface area contributed by atoms with Gasteiger partial charge in [0.1, 0.15) is 5.82 Å². The summed E-state index contributed by atoms with van der Waals surface area (Å²) in [6.07, 6.45) is 3.94. The van der Waals surface area contributed by atoms with Crippen molar-refractivity contribution in [2.75, 3.05) is 71.1 Å². The van der Waals surface area contributed by atoms with Crippen LogP contribution in [0.2, 0.25) is 5.02 Å². The monoisotopic (exact) mass is 564 g/mol. The summed E-state index contributed by atoms with van der Waals surface area (Å²) in [7, 11) is 1.83. The highest BCUT2D eigenvalue weighted by atomic mass is 127. The number of hydrogen-bond donors (Lipinski definition) is 2. The van der Waals surface area contributed by atoms with E-state index in [1.54, 1.807) is 6.20 Å². The fourth-order valence-corrected chi connectivity index (χ4v) is 4.87. The summed E-state index contributed by atoms with van der Waals surface area (Å²) in [5.41, 5.74) is 0. The molecule has 0 saturated carbocycles. The van der Waals surface area contributed by atoms with Gasteiger partial charge in [0, 0.05) is 70.6 Å². The molecule has 4 rings (SSSR count). The van der Waals surface area contributed by atoms with Crippen molar-refractivity contribution >= 4 is 47.4 Å². The molecule has 0 amide bonds. The maximum Gasteiger partial charge on any atom is 0.191 e. The van der Waals surface area contributed by atoms with Gasteiger partial charge in [0.15, 0.2) is 5.96 Å². The molecule has 31 heavy (non-hydrogen) atoms. The predicted octanol–water partition coefficient (Wildman–Crippen LogP) is 1.83. The van der Waals surface area contributed by atoms with Crippen LogP contribution in [-0.2, 0) is 9.47 Å². The average molecular weight is 565 g/mol. The number of nitrogens with one attached hydrogen (secondary N) is 2. The summed E-state index contributed by atoms with van der Waals surface area (Å²) >= 11 is 6.32. The molecule has 3 fully saturated rings. The predicted molar refractivity (Wildman–Crippen MR) is 135 cm³/mol. The first-order valence-corrected chi connectivity index (χ1v) is 11.3. The molecule has 174 valence electrons. The maximum atomic E-state index is 6.32. The molecule has 3 unspecified atom stereocenters. The molecular weight excluding hydrogens is 531 g/mol. The van der Waals surface area contributed by atoms with Crippen LogP contribution >= 0.6 is 35.6 Å². The van der Waals surface area contributed by atoms with Crippen LogP contribution in [0.1, 0.15) is 12.8 Å². The fraction of sp³-hybridized carbons (Fsp3) is 0.714. The number of aliphatic imine (C=N–C) groups is 1. The number of aromatic nitrogens is 1. The largest absolute Gasteiger partial charge is 0.381 e. The van der Waals surface area contributed by atoms with E-state index in [0.29, 0.717) is 23.0 Å². The summed E-state index contributed by atoms with van der Waals surface area (Å²) in [6, 6.07) is 4.50. The molecule has 0 aliphatic carbocycles. The van der Waals surface area contributed by atoms with Crippen molar-refractivity contribution in [2.24, 2.45) is 10.9 Å². The molecule has 2 N–H and O–H groups in total. The smallest absolute Gasteiger partial charge is 0.191 e. The Morgan fingerprint density at radius 1 is 1.26 bits per heavy atom. The number of morpholine rings is 1. The van der Waals surface area contributed by atoms with Crippen LogP contribution in [0.5, 0.6) is 0 Å². The van der Waals surface area contributed by atoms with Gasteiger partial charge in [0.2, 0.25) is 0 Å². The van der Waals surface area contributed by atoms with Crippen LogP contribution in [-0.4, -0.2) is 94.1 Å². The van der Waals surface area contributed by atoms with Crippen LogP contribution in [0.4, 0.5) is 5.82 Å². The van der Waals surface area contributed by atoms with Crippen molar-refractivity contribution < 1.29 is 9.47 Å². The third-order valence-electron chi connectivity index (χ3n) is 6.29. The van der Waals surface area contributed by atoms with Crippen LogP contribution < -0.4 is 15.5 Å². The highest BCUT2D eigenvalue weighted by Gasteiger charge is 2.32. The van der Waals surface area contributed by atoms with E-state index < -0.39 is 0 Å². The number of rotatable bonds is 6. The van der Waals surface area contributed by atoms with E-state index in [0.717, 1.165) is 83.8 Å². The second-order valence-corrected chi connectivity index (χ2v) is 8.58. The first kappa shape index (κ1) is 24.8. The first-order valence-electron chi connectivity index (χ1n) is 11.0. The summed E-state index contributed by atoms with van der Waals surface area (Å²) in [5, 5.41) is 7.86. The summed E-state index contributed by atoms with van der Waals surface area (Å²) in [4.78, 5) is 13.7. The van der Waals surface area contributed by atoms with Crippen molar-refractivity contribution in [3.05, 3.63) is 23.4 Å².